The van der Waals surface area contributed by atoms with Gasteiger partial charge in [-0.1, -0.05) is 6.07 Å². The van der Waals surface area contributed by atoms with Gasteiger partial charge in [-0.2, -0.15) is 5.10 Å². The lowest BCUT2D eigenvalue weighted by atomic mass is 10.1. The van der Waals surface area contributed by atoms with E-state index in [0.29, 0.717) is 17.9 Å². The van der Waals surface area contributed by atoms with E-state index in [0.717, 1.165) is 24.1 Å². The molecule has 0 heterocycles. The summed E-state index contributed by atoms with van der Waals surface area (Å²) in [5.74, 6) is 1.59. The summed E-state index contributed by atoms with van der Waals surface area (Å²) in [5, 5.41) is 4.12. The fourth-order valence-electron chi connectivity index (χ4n) is 1.91. The van der Waals surface area contributed by atoms with Crippen LogP contribution in [0, 0.1) is 5.92 Å². The molecule has 0 spiro atoms. The Labute approximate surface area is 119 Å². The van der Waals surface area contributed by atoms with E-state index in [1.165, 1.54) is 0 Å². The van der Waals surface area contributed by atoms with Gasteiger partial charge >= 0.3 is 0 Å². The highest BCUT2D eigenvalue weighted by Gasteiger charge is 2.29. The van der Waals surface area contributed by atoms with Crippen LogP contribution in [0.1, 0.15) is 25.3 Å². The first-order valence-electron chi connectivity index (χ1n) is 6.68. The largest absolute Gasteiger partial charge is 0.493 e. The monoisotopic (exact) mass is 276 g/mol. The van der Waals surface area contributed by atoms with Crippen molar-refractivity contribution in [3.05, 3.63) is 23.8 Å². The van der Waals surface area contributed by atoms with Gasteiger partial charge in [0.15, 0.2) is 11.5 Å². The topological polar surface area (TPSA) is 59.9 Å². The van der Waals surface area contributed by atoms with Gasteiger partial charge in [-0.3, -0.25) is 4.79 Å². The highest BCUT2D eigenvalue weighted by molar-refractivity contribution is 5.87. The van der Waals surface area contributed by atoms with Crippen LogP contribution in [0.3, 0.4) is 0 Å². The number of methoxy groups -OCH3 is 2. The minimum atomic E-state index is 0.0247. The van der Waals surface area contributed by atoms with Crippen molar-refractivity contribution in [2.75, 3.05) is 14.2 Å². The molecule has 0 aliphatic heterocycles. The maximum Gasteiger partial charge on any atom is 0.243 e. The molecule has 0 bridgehead atoms. The van der Waals surface area contributed by atoms with Crippen LogP contribution in [-0.2, 0) is 11.2 Å². The molecule has 5 nitrogen and oxygen atoms in total. The van der Waals surface area contributed by atoms with Gasteiger partial charge in [0.25, 0.3) is 0 Å². The summed E-state index contributed by atoms with van der Waals surface area (Å²) < 4.78 is 10.5. The molecule has 1 N–H and O–H groups in total. The Morgan fingerprint density at radius 2 is 2.00 bits per heavy atom. The van der Waals surface area contributed by atoms with Crippen molar-refractivity contribution in [1.29, 1.82) is 0 Å². The van der Waals surface area contributed by atoms with Gasteiger partial charge in [0.2, 0.25) is 5.91 Å². The van der Waals surface area contributed by atoms with Gasteiger partial charge in [-0.25, -0.2) is 5.43 Å². The Morgan fingerprint density at radius 1 is 1.30 bits per heavy atom. The third-order valence-electron chi connectivity index (χ3n) is 3.21. The number of hydrogen-bond donors (Lipinski definition) is 1. The van der Waals surface area contributed by atoms with Crippen LogP contribution in [0.4, 0.5) is 0 Å². The van der Waals surface area contributed by atoms with Crippen LogP contribution in [-0.4, -0.2) is 25.8 Å². The number of carbonyl (C=O) groups is 1. The average molecular weight is 276 g/mol. The highest BCUT2D eigenvalue weighted by Crippen LogP contribution is 2.29. The number of amides is 1. The molecular weight excluding hydrogens is 256 g/mol. The second kappa shape index (κ2) is 6.41. The second-order valence-corrected chi connectivity index (χ2v) is 4.96. The number of nitrogens with zero attached hydrogens (tertiary/aromatic N) is 1. The molecule has 0 atom stereocenters. The quantitative estimate of drug-likeness (QED) is 0.639. The van der Waals surface area contributed by atoms with Crippen LogP contribution in [0.15, 0.2) is 23.3 Å². The first-order valence-corrected chi connectivity index (χ1v) is 6.68. The summed E-state index contributed by atoms with van der Waals surface area (Å²) in [6.07, 6.45) is 2.62. The fourth-order valence-corrected chi connectivity index (χ4v) is 1.91. The maximum absolute atomic E-state index is 11.5. The lowest BCUT2D eigenvalue weighted by Gasteiger charge is -2.09. The van der Waals surface area contributed by atoms with Crippen LogP contribution in [0.25, 0.3) is 0 Å². The number of carbonyl (C=O) groups excluding carboxylic acids is 1. The molecule has 1 aromatic rings. The van der Waals surface area contributed by atoms with Crippen LogP contribution in [0.5, 0.6) is 11.5 Å². The highest BCUT2D eigenvalue weighted by atomic mass is 16.5. The van der Waals surface area contributed by atoms with Crippen molar-refractivity contribution in [2.24, 2.45) is 11.0 Å². The van der Waals surface area contributed by atoms with Gasteiger partial charge in [0, 0.05) is 18.1 Å². The van der Waals surface area contributed by atoms with E-state index in [2.05, 4.69) is 10.5 Å². The molecule has 1 amide bonds. The van der Waals surface area contributed by atoms with Crippen molar-refractivity contribution in [3.8, 4) is 11.5 Å². The predicted octanol–water partition coefficient (Wildman–Crippen LogP) is 2.15. The molecule has 0 unspecified atom stereocenters. The molecule has 0 radical (unpaired) electrons. The van der Waals surface area contributed by atoms with E-state index in [9.17, 15) is 4.79 Å². The zero-order chi connectivity index (χ0) is 14.5. The van der Waals surface area contributed by atoms with E-state index in [4.69, 9.17) is 9.47 Å². The minimum Gasteiger partial charge on any atom is -0.493 e. The summed E-state index contributed by atoms with van der Waals surface area (Å²) in [5.41, 5.74) is 4.52. The van der Waals surface area contributed by atoms with Crippen molar-refractivity contribution in [3.63, 3.8) is 0 Å². The molecule has 5 heteroatoms. The van der Waals surface area contributed by atoms with Crippen LogP contribution < -0.4 is 14.9 Å². The van der Waals surface area contributed by atoms with Crippen LogP contribution in [0.2, 0.25) is 0 Å². The van der Waals surface area contributed by atoms with E-state index >= 15 is 0 Å². The van der Waals surface area contributed by atoms with Gasteiger partial charge in [-0.15, -0.1) is 0 Å². The van der Waals surface area contributed by atoms with E-state index in [1.54, 1.807) is 14.2 Å². The lowest BCUT2D eigenvalue weighted by molar-refractivity contribution is -0.122. The Balaban J connectivity index is 1.97. The Bertz CT molecular complexity index is 522. The van der Waals surface area contributed by atoms with E-state index in [-0.39, 0.29) is 11.8 Å². The molecule has 1 fully saturated rings. The SMILES string of the molecule is COc1ccc(C/C(C)=N\NC(=O)C2CC2)cc1OC. The number of nitrogens with one attached hydrogen (secondary N) is 1. The summed E-state index contributed by atoms with van der Waals surface area (Å²) >= 11 is 0. The molecule has 0 saturated heterocycles. The molecule has 2 rings (SSSR count). The van der Waals surface area contributed by atoms with E-state index < -0.39 is 0 Å². The first kappa shape index (κ1) is 14.4. The Kier molecular flexibility index (Phi) is 4.61. The molecular formula is C15H20N2O3. The summed E-state index contributed by atoms with van der Waals surface area (Å²) in [6.45, 7) is 1.89. The van der Waals surface area contributed by atoms with Gasteiger partial charge in [-0.05, 0) is 37.5 Å². The van der Waals surface area contributed by atoms with Crippen molar-refractivity contribution < 1.29 is 14.3 Å². The minimum absolute atomic E-state index is 0.0247. The first-order chi connectivity index (χ1) is 9.63. The van der Waals surface area contributed by atoms with Gasteiger partial charge < -0.3 is 9.47 Å². The Morgan fingerprint density at radius 3 is 2.60 bits per heavy atom. The number of rotatable bonds is 6. The second-order valence-electron chi connectivity index (χ2n) is 4.96. The molecule has 1 aromatic carbocycles. The van der Waals surface area contributed by atoms with E-state index in [1.807, 2.05) is 25.1 Å². The fraction of sp³-hybridized carbons (Fsp3) is 0.467. The van der Waals surface area contributed by atoms with Crippen molar-refractivity contribution in [2.45, 2.75) is 26.2 Å². The molecule has 20 heavy (non-hydrogen) atoms. The summed E-state index contributed by atoms with van der Waals surface area (Å²) in [7, 11) is 3.22. The normalized spacial score (nSPS) is 14.8. The molecule has 1 saturated carbocycles. The molecule has 0 aromatic heterocycles. The summed E-state index contributed by atoms with van der Waals surface area (Å²) in [4.78, 5) is 11.5. The summed E-state index contributed by atoms with van der Waals surface area (Å²) in [6, 6.07) is 5.74. The number of benzene rings is 1. The molecule has 108 valence electrons. The van der Waals surface area contributed by atoms with Crippen LogP contribution >= 0.6 is 0 Å². The molecule has 1 aliphatic rings. The van der Waals surface area contributed by atoms with Crippen molar-refractivity contribution in [1.82, 2.24) is 5.43 Å². The molecule has 1 aliphatic carbocycles. The number of hydrazone groups is 1. The Hall–Kier alpha value is -2.04. The predicted molar refractivity (Wildman–Crippen MR) is 77.2 cm³/mol. The van der Waals surface area contributed by atoms with Gasteiger partial charge in [0.05, 0.1) is 14.2 Å². The van der Waals surface area contributed by atoms with Gasteiger partial charge in [0.1, 0.15) is 0 Å². The third-order valence-corrected chi connectivity index (χ3v) is 3.21. The number of hydrogen-bond acceptors (Lipinski definition) is 4. The number of ether oxygens (including phenoxy) is 2. The average Bonchev–Trinajstić information content (AvgIpc) is 3.29. The standard InChI is InChI=1S/C15H20N2O3/c1-10(16-17-15(18)12-5-6-12)8-11-4-7-13(19-2)14(9-11)20-3/h4,7,9,12H,5-6,8H2,1-3H3,(H,17,18)/b16-10-. The lowest BCUT2D eigenvalue weighted by Crippen LogP contribution is -2.20. The zero-order valence-electron chi connectivity index (χ0n) is 12.1. The van der Waals surface area contributed by atoms with Crippen molar-refractivity contribution >= 4 is 11.6 Å². The maximum atomic E-state index is 11.5. The smallest absolute Gasteiger partial charge is 0.243 e. The zero-order valence-corrected chi connectivity index (χ0v) is 12.1. The third kappa shape index (κ3) is 3.73.